The van der Waals surface area contributed by atoms with E-state index in [9.17, 15) is 13.2 Å². The summed E-state index contributed by atoms with van der Waals surface area (Å²) in [5.41, 5.74) is 3.20. The van der Waals surface area contributed by atoms with Crippen molar-refractivity contribution >= 4 is 39.4 Å². The van der Waals surface area contributed by atoms with Crippen LogP contribution in [0.2, 0.25) is 5.02 Å². The van der Waals surface area contributed by atoms with Crippen LogP contribution in [-0.4, -0.2) is 60.8 Å². The number of nitrogens with zero attached hydrogens (tertiary/aromatic N) is 2. The second-order valence-electron chi connectivity index (χ2n) is 6.71. The van der Waals surface area contributed by atoms with Gasteiger partial charge in [-0.25, -0.2) is 13.8 Å². The Morgan fingerprint density at radius 1 is 1.19 bits per heavy atom. The number of hydrogen-bond donors (Lipinski definition) is 1. The highest BCUT2D eigenvalue weighted by Gasteiger charge is 2.35. The minimum atomic E-state index is -3.67. The summed E-state index contributed by atoms with van der Waals surface area (Å²) in [5, 5.41) is 4.28. The Hall–Kier alpha value is -3.18. The summed E-state index contributed by atoms with van der Waals surface area (Å²) < 4.78 is 47.0. The number of sulfonamides is 1. The number of benzene rings is 2. The Bertz CT molecular complexity index is 1130. The highest BCUT2D eigenvalue weighted by Crippen LogP contribution is 2.38. The molecule has 1 heterocycles. The number of hydrazone groups is 1. The molecule has 10 nitrogen and oxygen atoms in total. The van der Waals surface area contributed by atoms with Gasteiger partial charge in [-0.15, -0.1) is 0 Å². The van der Waals surface area contributed by atoms with Crippen molar-refractivity contribution in [2.45, 2.75) is 6.10 Å². The number of ether oxygens (including phenoxy) is 4. The number of rotatable bonds is 7. The third kappa shape index (κ3) is 5.00. The number of hydrogen-bond acceptors (Lipinski definition) is 8. The fourth-order valence-electron chi connectivity index (χ4n) is 3.09. The third-order valence-corrected chi connectivity index (χ3v) is 5.94. The molecule has 0 spiro atoms. The quantitative estimate of drug-likeness (QED) is 0.473. The maximum Gasteiger partial charge on any atom is 0.283 e. The van der Waals surface area contributed by atoms with Gasteiger partial charge in [0.1, 0.15) is 5.75 Å². The maximum atomic E-state index is 12.6. The SMILES string of the molecule is COc1cc(/C=N\NC(=O)[C@H]2CN(S(C)(=O)=O)c3cc(Cl)ccc3O2)cc(OC)c1OC. The standard InChI is InChI=1S/C20H22ClN3O7S/c1-28-16-7-12(8-17(29-2)19(16)30-3)10-22-23-20(25)18-11-24(32(4,26)27)14-9-13(21)5-6-15(14)31-18/h5-10,18H,11H2,1-4H3,(H,23,25)/b22-10-/t18-/m1/s1. The van der Waals surface area contributed by atoms with Gasteiger partial charge < -0.3 is 18.9 Å². The molecular formula is C20H22ClN3O7S. The number of fused-ring (bicyclic) bond motifs is 1. The number of amides is 1. The van der Waals surface area contributed by atoms with E-state index in [2.05, 4.69) is 10.5 Å². The van der Waals surface area contributed by atoms with Gasteiger partial charge in [0.25, 0.3) is 5.91 Å². The molecule has 1 amide bonds. The Morgan fingerprint density at radius 3 is 2.41 bits per heavy atom. The van der Waals surface area contributed by atoms with Gasteiger partial charge in [-0.3, -0.25) is 9.10 Å². The largest absolute Gasteiger partial charge is 0.493 e. The molecule has 0 bridgehead atoms. The van der Waals surface area contributed by atoms with Gasteiger partial charge in [0.15, 0.2) is 17.6 Å². The molecule has 0 aliphatic carbocycles. The summed E-state index contributed by atoms with van der Waals surface area (Å²) in [7, 11) is 0.789. The fourth-order valence-corrected chi connectivity index (χ4v) is 4.17. The molecule has 1 aliphatic heterocycles. The molecule has 0 unspecified atom stereocenters. The average molecular weight is 484 g/mol. The van der Waals surface area contributed by atoms with E-state index in [1.54, 1.807) is 18.2 Å². The van der Waals surface area contributed by atoms with Gasteiger partial charge in [-0.1, -0.05) is 11.6 Å². The van der Waals surface area contributed by atoms with E-state index in [1.807, 2.05) is 0 Å². The number of anilines is 1. The van der Waals surface area contributed by atoms with E-state index >= 15 is 0 Å². The Balaban J connectivity index is 1.78. The van der Waals surface area contributed by atoms with Crippen LogP contribution in [0.1, 0.15) is 5.56 Å². The number of halogens is 1. The normalized spacial score (nSPS) is 15.7. The maximum absolute atomic E-state index is 12.6. The summed E-state index contributed by atoms with van der Waals surface area (Å²) in [6, 6.07) is 7.83. The second kappa shape index (κ2) is 9.53. The molecule has 0 fully saturated rings. The van der Waals surface area contributed by atoms with E-state index in [4.69, 9.17) is 30.5 Å². The second-order valence-corrected chi connectivity index (χ2v) is 9.05. The van der Waals surface area contributed by atoms with Gasteiger partial charge in [0.2, 0.25) is 15.8 Å². The van der Waals surface area contributed by atoms with Crippen LogP contribution in [0.5, 0.6) is 23.0 Å². The molecule has 1 N–H and O–H groups in total. The van der Waals surface area contributed by atoms with Crippen LogP contribution in [-0.2, 0) is 14.8 Å². The summed E-state index contributed by atoms with van der Waals surface area (Å²) >= 11 is 5.98. The van der Waals surface area contributed by atoms with Gasteiger partial charge in [-0.05, 0) is 30.3 Å². The number of carbonyl (C=O) groups is 1. The van der Waals surface area contributed by atoms with Crippen molar-refractivity contribution in [3.8, 4) is 23.0 Å². The van der Waals surface area contributed by atoms with E-state index in [1.165, 1.54) is 39.7 Å². The molecule has 0 saturated carbocycles. The molecule has 0 saturated heterocycles. The van der Waals surface area contributed by atoms with Crippen molar-refractivity contribution in [1.82, 2.24) is 5.43 Å². The first-order valence-corrected chi connectivity index (χ1v) is 11.5. The van der Waals surface area contributed by atoms with Crippen molar-refractivity contribution in [2.24, 2.45) is 5.10 Å². The average Bonchev–Trinajstić information content (AvgIpc) is 2.76. The number of carbonyl (C=O) groups excluding carboxylic acids is 1. The lowest BCUT2D eigenvalue weighted by Crippen LogP contribution is -2.49. The topological polar surface area (TPSA) is 116 Å². The smallest absolute Gasteiger partial charge is 0.283 e. The molecule has 1 atom stereocenters. The third-order valence-electron chi connectivity index (χ3n) is 4.56. The zero-order chi connectivity index (χ0) is 23.5. The lowest BCUT2D eigenvalue weighted by molar-refractivity contribution is -0.127. The van der Waals surface area contributed by atoms with Crippen molar-refractivity contribution in [2.75, 3.05) is 38.4 Å². The van der Waals surface area contributed by atoms with Crippen LogP contribution < -0.4 is 28.7 Å². The van der Waals surface area contributed by atoms with Crippen LogP contribution in [0.3, 0.4) is 0 Å². The predicted octanol–water partition coefficient (Wildman–Crippen LogP) is 2.04. The zero-order valence-corrected chi connectivity index (χ0v) is 19.4. The molecule has 2 aromatic rings. The lowest BCUT2D eigenvalue weighted by Gasteiger charge is -2.33. The van der Waals surface area contributed by atoms with Crippen LogP contribution in [0.4, 0.5) is 5.69 Å². The van der Waals surface area contributed by atoms with Crippen LogP contribution in [0.15, 0.2) is 35.4 Å². The predicted molar refractivity (Wildman–Crippen MR) is 120 cm³/mol. The minimum Gasteiger partial charge on any atom is -0.493 e. The lowest BCUT2D eigenvalue weighted by atomic mass is 10.2. The monoisotopic (exact) mass is 483 g/mol. The minimum absolute atomic E-state index is 0.222. The van der Waals surface area contributed by atoms with Gasteiger partial charge in [0.05, 0.1) is 46.0 Å². The molecule has 0 radical (unpaired) electrons. The number of nitrogens with one attached hydrogen (secondary N) is 1. The fraction of sp³-hybridized carbons (Fsp3) is 0.300. The summed E-state index contributed by atoms with van der Waals surface area (Å²) in [6.07, 6.45) is 1.31. The van der Waals surface area contributed by atoms with Crippen molar-refractivity contribution in [1.29, 1.82) is 0 Å². The summed E-state index contributed by atoms with van der Waals surface area (Å²) in [5.74, 6) is 0.873. The molecular weight excluding hydrogens is 462 g/mol. The molecule has 0 aromatic heterocycles. The summed E-state index contributed by atoms with van der Waals surface area (Å²) in [6.45, 7) is -0.224. The molecule has 12 heteroatoms. The Morgan fingerprint density at radius 2 is 1.84 bits per heavy atom. The van der Waals surface area contributed by atoms with Crippen molar-refractivity contribution in [3.63, 3.8) is 0 Å². The van der Waals surface area contributed by atoms with E-state index in [-0.39, 0.29) is 18.0 Å². The Labute approximate surface area is 190 Å². The number of methoxy groups -OCH3 is 3. The highest BCUT2D eigenvalue weighted by atomic mass is 35.5. The van der Waals surface area contributed by atoms with E-state index in [0.29, 0.717) is 27.8 Å². The van der Waals surface area contributed by atoms with Crippen LogP contribution >= 0.6 is 11.6 Å². The van der Waals surface area contributed by atoms with Crippen molar-refractivity contribution in [3.05, 3.63) is 40.9 Å². The molecule has 1 aliphatic rings. The molecule has 2 aromatic carbocycles. The first-order chi connectivity index (χ1) is 15.2. The highest BCUT2D eigenvalue weighted by molar-refractivity contribution is 7.92. The van der Waals surface area contributed by atoms with Crippen molar-refractivity contribution < 1.29 is 32.2 Å². The molecule has 3 rings (SSSR count). The first kappa shape index (κ1) is 23.5. The van der Waals surface area contributed by atoms with Gasteiger partial charge in [0, 0.05) is 10.6 Å². The zero-order valence-electron chi connectivity index (χ0n) is 17.8. The van der Waals surface area contributed by atoms with Crippen LogP contribution in [0, 0.1) is 0 Å². The van der Waals surface area contributed by atoms with Gasteiger partial charge in [-0.2, -0.15) is 5.10 Å². The van der Waals surface area contributed by atoms with Crippen LogP contribution in [0.25, 0.3) is 0 Å². The van der Waals surface area contributed by atoms with E-state index in [0.717, 1.165) is 10.6 Å². The first-order valence-electron chi connectivity index (χ1n) is 9.24. The summed E-state index contributed by atoms with van der Waals surface area (Å²) in [4.78, 5) is 12.6. The van der Waals surface area contributed by atoms with E-state index < -0.39 is 22.0 Å². The molecule has 32 heavy (non-hydrogen) atoms. The van der Waals surface area contributed by atoms with Gasteiger partial charge >= 0.3 is 0 Å². The Kier molecular flexibility index (Phi) is 6.99. The molecule has 172 valence electrons.